The van der Waals surface area contributed by atoms with Gasteiger partial charge in [-0.3, -0.25) is 10.1 Å². The Hall–Kier alpha value is -1.91. The van der Waals surface area contributed by atoms with Crippen LogP contribution < -0.4 is 0 Å². The van der Waals surface area contributed by atoms with Crippen molar-refractivity contribution in [3.63, 3.8) is 0 Å². The maximum atomic E-state index is 11.9. The first-order chi connectivity index (χ1) is 8.64. The number of carbonyl (C=O) groups excluding carboxylic acids is 1. The highest BCUT2D eigenvalue weighted by atomic mass is 16.6. The lowest BCUT2D eigenvalue weighted by atomic mass is 10.1. The number of benzene rings is 1. The monoisotopic (exact) mass is 247 g/mol. The molecule has 1 aromatic rings. The van der Waals surface area contributed by atoms with Gasteiger partial charge in [-0.25, -0.2) is 4.79 Å². The van der Waals surface area contributed by atoms with Crippen LogP contribution in [-0.4, -0.2) is 22.5 Å². The molecule has 0 aliphatic heterocycles. The number of rotatable bonds is 4. The number of hydrogen-bond donors (Lipinski definition) is 0. The molecule has 2 atom stereocenters. The zero-order valence-corrected chi connectivity index (χ0v) is 9.74. The Morgan fingerprint density at radius 3 is 2.56 bits per heavy atom. The molecule has 2 fully saturated rings. The molecule has 5 heteroatoms. The molecule has 2 saturated carbocycles. The highest BCUT2D eigenvalue weighted by molar-refractivity contribution is 5.85. The highest BCUT2D eigenvalue weighted by Crippen LogP contribution is 2.55. The van der Waals surface area contributed by atoms with Crippen molar-refractivity contribution >= 4 is 5.97 Å². The third-order valence-electron chi connectivity index (χ3n) is 3.61. The van der Waals surface area contributed by atoms with Crippen LogP contribution in [0.1, 0.15) is 30.7 Å². The molecule has 5 nitrogen and oxygen atoms in total. The number of esters is 1. The largest absolute Gasteiger partial charge is 0.457 e. The van der Waals surface area contributed by atoms with Gasteiger partial charge in [0, 0.05) is 11.3 Å². The molecule has 2 aliphatic carbocycles. The fourth-order valence-electron chi connectivity index (χ4n) is 2.27. The summed E-state index contributed by atoms with van der Waals surface area (Å²) in [6.07, 6.45) is 1.81. The van der Waals surface area contributed by atoms with Crippen molar-refractivity contribution in [1.29, 1.82) is 0 Å². The van der Waals surface area contributed by atoms with E-state index in [1.54, 1.807) is 0 Å². The fraction of sp³-hybridized carbons (Fsp3) is 0.462. The Balaban J connectivity index is 1.82. The average Bonchev–Trinajstić information content (AvgIpc) is 3.24. The molecular weight excluding hydrogens is 234 g/mol. The summed E-state index contributed by atoms with van der Waals surface area (Å²) in [6.45, 7) is 0. The van der Waals surface area contributed by atoms with Crippen LogP contribution in [0, 0.1) is 10.1 Å². The van der Waals surface area contributed by atoms with Gasteiger partial charge < -0.3 is 4.74 Å². The second kappa shape index (κ2) is 3.80. The molecule has 0 bridgehead atoms. The lowest BCUT2D eigenvalue weighted by Crippen LogP contribution is -2.36. The molecule has 0 aromatic heterocycles. The van der Waals surface area contributed by atoms with Gasteiger partial charge in [-0.1, -0.05) is 30.3 Å². The molecule has 0 saturated heterocycles. The molecule has 2 aliphatic rings. The molecule has 0 spiro atoms. The quantitative estimate of drug-likeness (QED) is 0.463. The Bertz CT molecular complexity index is 497. The third-order valence-corrected chi connectivity index (χ3v) is 3.61. The second-order valence-corrected chi connectivity index (χ2v) is 4.95. The number of ether oxygens (including phenoxy) is 1. The van der Waals surface area contributed by atoms with Gasteiger partial charge in [-0.15, -0.1) is 0 Å². The van der Waals surface area contributed by atoms with Gasteiger partial charge in [0.1, 0.15) is 6.10 Å². The normalized spacial score (nSPS) is 29.7. The molecule has 94 valence electrons. The predicted octanol–water partition coefficient (Wildman–Crippen LogP) is 1.89. The van der Waals surface area contributed by atoms with Gasteiger partial charge in [-0.05, 0) is 18.4 Å². The van der Waals surface area contributed by atoms with E-state index < -0.39 is 16.4 Å². The van der Waals surface area contributed by atoms with E-state index in [-0.39, 0.29) is 18.4 Å². The van der Waals surface area contributed by atoms with Crippen LogP contribution >= 0.6 is 0 Å². The lowest BCUT2D eigenvalue weighted by molar-refractivity contribution is -0.527. The molecule has 3 rings (SSSR count). The Kier molecular flexibility index (Phi) is 2.36. The van der Waals surface area contributed by atoms with Crippen LogP contribution in [0.5, 0.6) is 0 Å². The highest BCUT2D eigenvalue weighted by Gasteiger charge is 2.74. The third kappa shape index (κ3) is 1.66. The van der Waals surface area contributed by atoms with Crippen molar-refractivity contribution < 1.29 is 14.5 Å². The summed E-state index contributed by atoms with van der Waals surface area (Å²) in [5.74, 6) is -1.01. The Morgan fingerprint density at radius 1 is 1.33 bits per heavy atom. The summed E-state index contributed by atoms with van der Waals surface area (Å²) in [5.41, 5.74) is -0.703. The fourth-order valence-corrected chi connectivity index (χ4v) is 2.27. The van der Waals surface area contributed by atoms with Crippen LogP contribution in [0.4, 0.5) is 0 Å². The van der Waals surface area contributed by atoms with Crippen molar-refractivity contribution in [1.82, 2.24) is 0 Å². The maximum absolute atomic E-state index is 11.9. The minimum absolute atomic E-state index is 0.0913. The maximum Gasteiger partial charge on any atom is 0.385 e. The minimum Gasteiger partial charge on any atom is -0.457 e. The first kappa shape index (κ1) is 11.2. The zero-order valence-electron chi connectivity index (χ0n) is 9.74. The SMILES string of the molecule is O=C(OC1CC1)C1([N+](=O)[O-])CC1c1ccccc1. The first-order valence-electron chi connectivity index (χ1n) is 6.05. The lowest BCUT2D eigenvalue weighted by Gasteiger charge is -2.09. The minimum atomic E-state index is -1.54. The zero-order chi connectivity index (χ0) is 12.8. The molecule has 0 radical (unpaired) electrons. The Labute approximate surface area is 104 Å². The van der Waals surface area contributed by atoms with Crippen molar-refractivity contribution in [2.45, 2.75) is 36.8 Å². The number of nitro groups is 1. The summed E-state index contributed by atoms with van der Waals surface area (Å²) in [6, 6.07) is 9.14. The molecule has 0 heterocycles. The van der Waals surface area contributed by atoms with E-state index in [0.29, 0.717) is 0 Å². The van der Waals surface area contributed by atoms with Gasteiger partial charge in [0.2, 0.25) is 0 Å². The average molecular weight is 247 g/mol. The van der Waals surface area contributed by atoms with Gasteiger partial charge >= 0.3 is 11.5 Å². The number of nitrogens with zero attached hydrogens (tertiary/aromatic N) is 1. The second-order valence-electron chi connectivity index (χ2n) is 4.95. The molecular formula is C13H13NO4. The van der Waals surface area contributed by atoms with Crippen molar-refractivity contribution in [3.8, 4) is 0 Å². The van der Waals surface area contributed by atoms with Gasteiger partial charge in [0.25, 0.3) is 0 Å². The van der Waals surface area contributed by atoms with Crippen LogP contribution in [-0.2, 0) is 9.53 Å². The summed E-state index contributed by atoms with van der Waals surface area (Å²) in [5, 5.41) is 11.2. The topological polar surface area (TPSA) is 69.4 Å². The van der Waals surface area contributed by atoms with Gasteiger partial charge in [0.15, 0.2) is 0 Å². The van der Waals surface area contributed by atoms with Crippen LogP contribution in [0.25, 0.3) is 0 Å². The van der Waals surface area contributed by atoms with Crippen LogP contribution in [0.2, 0.25) is 0 Å². The molecule has 2 unspecified atom stereocenters. The van der Waals surface area contributed by atoms with E-state index >= 15 is 0 Å². The van der Waals surface area contributed by atoms with Gasteiger partial charge in [-0.2, -0.15) is 0 Å². The molecule has 0 N–H and O–H groups in total. The molecule has 0 amide bonds. The van der Waals surface area contributed by atoms with Crippen molar-refractivity contribution in [2.75, 3.05) is 0 Å². The van der Waals surface area contributed by atoms with E-state index in [0.717, 1.165) is 18.4 Å². The standard InChI is InChI=1S/C13H13NO4/c15-12(18-10-6-7-10)13(14(16)17)8-11(13)9-4-2-1-3-5-9/h1-5,10-11H,6-8H2. The smallest absolute Gasteiger partial charge is 0.385 e. The van der Waals surface area contributed by atoms with E-state index in [2.05, 4.69) is 0 Å². The molecule has 1 aromatic carbocycles. The van der Waals surface area contributed by atoms with Gasteiger partial charge in [0.05, 0.1) is 5.92 Å². The summed E-state index contributed by atoms with van der Waals surface area (Å²) in [7, 11) is 0. The van der Waals surface area contributed by atoms with E-state index in [1.165, 1.54) is 0 Å². The van der Waals surface area contributed by atoms with Crippen LogP contribution in [0.3, 0.4) is 0 Å². The van der Waals surface area contributed by atoms with Crippen molar-refractivity contribution in [3.05, 3.63) is 46.0 Å². The Morgan fingerprint density at radius 2 is 2.00 bits per heavy atom. The molecule has 18 heavy (non-hydrogen) atoms. The van der Waals surface area contributed by atoms with E-state index in [4.69, 9.17) is 4.74 Å². The van der Waals surface area contributed by atoms with Crippen LogP contribution in [0.15, 0.2) is 30.3 Å². The number of hydrogen-bond acceptors (Lipinski definition) is 4. The van der Waals surface area contributed by atoms with E-state index in [1.807, 2.05) is 30.3 Å². The van der Waals surface area contributed by atoms with E-state index in [9.17, 15) is 14.9 Å². The predicted molar refractivity (Wildman–Crippen MR) is 62.6 cm³/mol. The van der Waals surface area contributed by atoms with Crippen molar-refractivity contribution in [2.24, 2.45) is 0 Å². The number of carbonyl (C=O) groups is 1. The summed E-state index contributed by atoms with van der Waals surface area (Å²) >= 11 is 0. The summed E-state index contributed by atoms with van der Waals surface area (Å²) < 4.78 is 5.12. The first-order valence-corrected chi connectivity index (χ1v) is 6.05. The summed E-state index contributed by atoms with van der Waals surface area (Å²) in [4.78, 5) is 22.7.